The minimum absolute atomic E-state index is 0.0107. The zero-order chi connectivity index (χ0) is 13.8. The first-order valence-corrected chi connectivity index (χ1v) is 6.79. The van der Waals surface area contributed by atoms with Crippen molar-refractivity contribution in [2.75, 3.05) is 0 Å². The third-order valence-corrected chi connectivity index (χ3v) is 3.49. The highest BCUT2D eigenvalue weighted by atomic mass is 79.9. The Labute approximate surface area is 119 Å². The monoisotopic (exact) mass is 325 g/mol. The van der Waals surface area contributed by atoms with Crippen molar-refractivity contribution in [1.82, 2.24) is 5.32 Å². The molecule has 1 atom stereocenters. The van der Waals surface area contributed by atoms with E-state index >= 15 is 0 Å². The molecule has 0 saturated carbocycles. The Morgan fingerprint density at radius 3 is 2.37 bits per heavy atom. The summed E-state index contributed by atoms with van der Waals surface area (Å²) in [7, 11) is 0. The van der Waals surface area contributed by atoms with Gasteiger partial charge in [-0.25, -0.2) is 8.78 Å². The molecule has 1 nitrogen and oxygen atoms in total. The Morgan fingerprint density at radius 2 is 1.74 bits per heavy atom. The molecule has 0 bridgehead atoms. The maximum Gasteiger partial charge on any atom is 0.130 e. The molecule has 4 heteroatoms. The number of benzene rings is 2. The van der Waals surface area contributed by atoms with Crippen LogP contribution in [0.5, 0.6) is 0 Å². The first-order valence-electron chi connectivity index (χ1n) is 5.99. The number of hydrogen-bond donors (Lipinski definition) is 1. The fourth-order valence-corrected chi connectivity index (χ4v) is 2.27. The maximum atomic E-state index is 13.5. The average Bonchev–Trinajstić information content (AvgIpc) is 2.38. The molecule has 0 saturated heterocycles. The van der Waals surface area contributed by atoms with Crippen molar-refractivity contribution in [3.8, 4) is 0 Å². The van der Waals surface area contributed by atoms with Gasteiger partial charge < -0.3 is 5.32 Å². The second kappa shape index (κ2) is 6.26. The summed E-state index contributed by atoms with van der Waals surface area (Å²) in [5, 5.41) is 3.12. The summed E-state index contributed by atoms with van der Waals surface area (Å²) >= 11 is 3.40. The third-order valence-electron chi connectivity index (χ3n) is 3.00. The number of hydrogen-bond acceptors (Lipinski definition) is 1. The molecule has 0 amide bonds. The highest BCUT2D eigenvalue weighted by Gasteiger charge is 2.10. The molecule has 19 heavy (non-hydrogen) atoms. The van der Waals surface area contributed by atoms with Crippen LogP contribution in [0.1, 0.15) is 24.1 Å². The van der Waals surface area contributed by atoms with Crippen molar-refractivity contribution >= 4 is 15.9 Å². The molecule has 0 radical (unpaired) electrons. The second-order valence-corrected chi connectivity index (χ2v) is 5.27. The van der Waals surface area contributed by atoms with E-state index in [1.54, 1.807) is 0 Å². The molecular weight excluding hydrogens is 312 g/mol. The van der Waals surface area contributed by atoms with E-state index in [9.17, 15) is 8.78 Å². The first kappa shape index (κ1) is 14.2. The van der Waals surface area contributed by atoms with Crippen molar-refractivity contribution in [3.63, 3.8) is 0 Å². The predicted octanol–water partition coefficient (Wildman–Crippen LogP) is 4.58. The van der Waals surface area contributed by atoms with E-state index in [1.807, 2.05) is 31.2 Å². The molecule has 0 unspecified atom stereocenters. The second-order valence-electron chi connectivity index (χ2n) is 4.36. The lowest BCUT2D eigenvalue weighted by Gasteiger charge is -2.15. The summed E-state index contributed by atoms with van der Waals surface area (Å²) in [6, 6.07) is 11.7. The van der Waals surface area contributed by atoms with Gasteiger partial charge in [0.15, 0.2) is 0 Å². The van der Waals surface area contributed by atoms with Crippen molar-refractivity contribution in [2.24, 2.45) is 0 Å². The Hall–Kier alpha value is -1.26. The lowest BCUT2D eigenvalue weighted by Crippen LogP contribution is -2.19. The fraction of sp³-hybridized carbons (Fsp3) is 0.200. The van der Waals surface area contributed by atoms with Gasteiger partial charge in [0.05, 0.1) is 0 Å². The Morgan fingerprint density at radius 1 is 1.11 bits per heavy atom. The van der Waals surface area contributed by atoms with Crippen LogP contribution in [0.3, 0.4) is 0 Å². The van der Waals surface area contributed by atoms with Crippen molar-refractivity contribution in [1.29, 1.82) is 0 Å². The van der Waals surface area contributed by atoms with Gasteiger partial charge in [0.2, 0.25) is 0 Å². The lowest BCUT2D eigenvalue weighted by atomic mass is 10.1. The topological polar surface area (TPSA) is 12.0 Å². The molecule has 2 rings (SSSR count). The van der Waals surface area contributed by atoms with Gasteiger partial charge in [0.25, 0.3) is 0 Å². The van der Waals surface area contributed by atoms with Crippen LogP contribution in [0, 0.1) is 11.6 Å². The maximum absolute atomic E-state index is 13.5. The fourth-order valence-electron chi connectivity index (χ4n) is 1.85. The Kier molecular flexibility index (Phi) is 4.66. The SMILES string of the molecule is C[C@H](NCc1c(F)cccc1F)c1cccc(Br)c1. The van der Waals surface area contributed by atoms with Gasteiger partial charge in [-0.3, -0.25) is 0 Å². The molecule has 0 aliphatic carbocycles. The van der Waals surface area contributed by atoms with Gasteiger partial charge in [-0.05, 0) is 36.8 Å². The summed E-state index contributed by atoms with van der Waals surface area (Å²) in [4.78, 5) is 0. The standard InChI is InChI=1S/C15H14BrF2N/c1-10(11-4-2-5-12(16)8-11)19-9-13-14(17)6-3-7-15(13)18/h2-8,10,19H,9H2,1H3/t10-/m0/s1. The average molecular weight is 326 g/mol. The highest BCUT2D eigenvalue weighted by Crippen LogP contribution is 2.19. The van der Waals surface area contributed by atoms with Gasteiger partial charge in [-0.1, -0.05) is 34.1 Å². The van der Waals surface area contributed by atoms with Gasteiger partial charge in [0, 0.05) is 22.6 Å². The molecule has 0 aliphatic heterocycles. The summed E-state index contributed by atoms with van der Waals surface area (Å²) in [6.07, 6.45) is 0. The van der Waals surface area contributed by atoms with Crippen molar-refractivity contribution in [3.05, 3.63) is 69.7 Å². The summed E-state index contributed by atoms with van der Waals surface area (Å²) in [5.41, 5.74) is 1.13. The molecule has 2 aromatic carbocycles. The van der Waals surface area contributed by atoms with Gasteiger partial charge in [0.1, 0.15) is 11.6 Å². The van der Waals surface area contributed by atoms with E-state index in [-0.39, 0.29) is 18.2 Å². The largest absolute Gasteiger partial charge is 0.306 e. The Balaban J connectivity index is 2.06. The van der Waals surface area contributed by atoms with Gasteiger partial charge >= 0.3 is 0 Å². The molecular formula is C15H14BrF2N. The number of rotatable bonds is 4. The molecule has 0 aliphatic rings. The zero-order valence-corrected chi connectivity index (χ0v) is 12.0. The van der Waals surface area contributed by atoms with Crippen LogP contribution >= 0.6 is 15.9 Å². The Bertz CT molecular complexity index is 552. The predicted molar refractivity (Wildman–Crippen MR) is 75.8 cm³/mol. The zero-order valence-electron chi connectivity index (χ0n) is 10.5. The van der Waals surface area contributed by atoms with Crippen LogP contribution in [0.4, 0.5) is 8.78 Å². The van der Waals surface area contributed by atoms with Crippen molar-refractivity contribution in [2.45, 2.75) is 19.5 Å². The summed E-state index contributed by atoms with van der Waals surface area (Å²) < 4.78 is 27.9. The lowest BCUT2D eigenvalue weighted by molar-refractivity contribution is 0.509. The molecule has 2 aromatic rings. The van der Waals surface area contributed by atoms with E-state index in [0.29, 0.717) is 0 Å². The first-order chi connectivity index (χ1) is 9.08. The van der Waals surface area contributed by atoms with E-state index in [0.717, 1.165) is 10.0 Å². The van der Waals surface area contributed by atoms with Crippen LogP contribution in [0.15, 0.2) is 46.9 Å². The van der Waals surface area contributed by atoms with Crippen LogP contribution in [-0.4, -0.2) is 0 Å². The molecule has 1 N–H and O–H groups in total. The highest BCUT2D eigenvalue weighted by molar-refractivity contribution is 9.10. The van der Waals surface area contributed by atoms with Crippen LogP contribution < -0.4 is 5.32 Å². The summed E-state index contributed by atoms with van der Waals surface area (Å²) in [5.74, 6) is -1.04. The molecule has 100 valence electrons. The van der Waals surface area contributed by atoms with Crippen molar-refractivity contribution < 1.29 is 8.78 Å². The number of nitrogens with one attached hydrogen (secondary N) is 1. The third kappa shape index (κ3) is 3.61. The molecule has 0 fully saturated rings. The van der Waals surface area contributed by atoms with Crippen LogP contribution in [0.2, 0.25) is 0 Å². The van der Waals surface area contributed by atoms with Crippen LogP contribution in [-0.2, 0) is 6.54 Å². The molecule has 0 spiro atoms. The van der Waals surface area contributed by atoms with Gasteiger partial charge in [-0.2, -0.15) is 0 Å². The number of halogens is 3. The van der Waals surface area contributed by atoms with Gasteiger partial charge in [-0.15, -0.1) is 0 Å². The van der Waals surface area contributed by atoms with Crippen LogP contribution in [0.25, 0.3) is 0 Å². The minimum Gasteiger partial charge on any atom is -0.306 e. The quantitative estimate of drug-likeness (QED) is 0.867. The van der Waals surface area contributed by atoms with E-state index in [1.165, 1.54) is 18.2 Å². The molecule has 0 aromatic heterocycles. The van der Waals surface area contributed by atoms with E-state index < -0.39 is 11.6 Å². The minimum atomic E-state index is -0.519. The van der Waals surface area contributed by atoms with E-state index in [4.69, 9.17) is 0 Å². The normalized spacial score (nSPS) is 12.4. The van der Waals surface area contributed by atoms with E-state index in [2.05, 4.69) is 21.2 Å². The molecule has 0 heterocycles. The smallest absolute Gasteiger partial charge is 0.130 e. The summed E-state index contributed by atoms with van der Waals surface area (Å²) in [6.45, 7) is 2.12.